The summed E-state index contributed by atoms with van der Waals surface area (Å²) in [6.07, 6.45) is 0.436. The second-order valence-corrected chi connectivity index (χ2v) is 6.81. The van der Waals surface area contributed by atoms with E-state index in [1.807, 2.05) is 0 Å². The van der Waals surface area contributed by atoms with Gasteiger partial charge in [0.2, 0.25) is 0 Å². The van der Waals surface area contributed by atoms with Crippen molar-refractivity contribution in [1.29, 1.82) is 0 Å². The summed E-state index contributed by atoms with van der Waals surface area (Å²) in [5.74, 6) is -1.77. The van der Waals surface area contributed by atoms with E-state index < -0.39 is 43.9 Å². The highest BCUT2D eigenvalue weighted by Crippen LogP contribution is 2.25. The largest absolute Gasteiger partial charge is 0.460 e. The van der Waals surface area contributed by atoms with Crippen molar-refractivity contribution in [3.63, 3.8) is 0 Å². The molecule has 10 heteroatoms. The average Bonchev–Trinajstić information content (AvgIpc) is 2.42. The Morgan fingerprint density at radius 2 is 1.91 bits per heavy atom. The molecule has 0 amide bonds. The van der Waals surface area contributed by atoms with Gasteiger partial charge in [-0.05, 0) is 26.0 Å². The second-order valence-electron chi connectivity index (χ2n) is 4.83. The highest BCUT2D eigenvalue weighted by atomic mass is 32.2. The molecular weight excluding hydrogens is 330 g/mol. The van der Waals surface area contributed by atoms with Crippen LogP contribution in [-0.2, 0) is 24.1 Å². The lowest BCUT2D eigenvalue weighted by atomic mass is 10.2. The van der Waals surface area contributed by atoms with Crippen LogP contribution in [0.1, 0.15) is 24.2 Å². The summed E-state index contributed by atoms with van der Waals surface area (Å²) in [6, 6.07) is 2.79. The summed E-state index contributed by atoms with van der Waals surface area (Å²) in [6.45, 7) is 2.58. The number of carbonyl (C=O) groups is 2. The van der Waals surface area contributed by atoms with Crippen molar-refractivity contribution in [2.45, 2.75) is 24.8 Å². The zero-order valence-corrected chi connectivity index (χ0v) is 13.5. The number of hydrogen-bond donors (Lipinski definition) is 0. The van der Waals surface area contributed by atoms with E-state index in [1.165, 1.54) is 0 Å². The first-order chi connectivity index (χ1) is 10.5. The van der Waals surface area contributed by atoms with Gasteiger partial charge in [-0.2, -0.15) is 0 Å². The van der Waals surface area contributed by atoms with Crippen molar-refractivity contribution in [2.75, 3.05) is 12.9 Å². The standard InChI is InChI=1S/C13H15NO8S/c1-8(2)22-12(15)7-21-13(16)9-4-5-11(23(3,19)20)10(6-9)14(17)18/h4-6,8H,7H2,1-3H3. The van der Waals surface area contributed by atoms with Crippen LogP contribution in [0.15, 0.2) is 23.1 Å². The third-order valence-corrected chi connectivity index (χ3v) is 3.62. The minimum Gasteiger partial charge on any atom is -0.460 e. The zero-order valence-electron chi connectivity index (χ0n) is 12.6. The van der Waals surface area contributed by atoms with Crippen molar-refractivity contribution in [2.24, 2.45) is 0 Å². The topological polar surface area (TPSA) is 130 Å². The van der Waals surface area contributed by atoms with E-state index in [0.717, 1.165) is 24.5 Å². The highest BCUT2D eigenvalue weighted by Gasteiger charge is 2.24. The molecule has 0 aliphatic carbocycles. The number of nitro benzene ring substituents is 1. The Hall–Kier alpha value is -2.49. The second kappa shape index (κ2) is 7.18. The molecule has 0 fully saturated rings. The Bertz CT molecular complexity index is 738. The summed E-state index contributed by atoms with van der Waals surface area (Å²) in [4.78, 5) is 32.5. The molecule has 9 nitrogen and oxygen atoms in total. The van der Waals surface area contributed by atoms with Crippen molar-refractivity contribution in [1.82, 2.24) is 0 Å². The summed E-state index contributed by atoms with van der Waals surface area (Å²) >= 11 is 0. The molecule has 0 spiro atoms. The number of nitro groups is 1. The van der Waals surface area contributed by atoms with Crippen molar-refractivity contribution in [3.8, 4) is 0 Å². The van der Waals surface area contributed by atoms with Crippen molar-refractivity contribution < 1.29 is 32.4 Å². The van der Waals surface area contributed by atoms with Crippen LogP contribution in [-0.4, -0.2) is 44.2 Å². The van der Waals surface area contributed by atoms with Crippen molar-refractivity contribution >= 4 is 27.5 Å². The van der Waals surface area contributed by atoms with E-state index >= 15 is 0 Å². The third kappa shape index (κ3) is 5.33. The van der Waals surface area contributed by atoms with Gasteiger partial charge in [0.1, 0.15) is 4.90 Å². The van der Waals surface area contributed by atoms with Crippen LogP contribution in [0.4, 0.5) is 5.69 Å². The van der Waals surface area contributed by atoms with Crippen LogP contribution in [0.2, 0.25) is 0 Å². The molecule has 0 N–H and O–H groups in total. The number of hydrogen-bond acceptors (Lipinski definition) is 8. The Balaban J connectivity index is 2.97. The lowest BCUT2D eigenvalue weighted by Crippen LogP contribution is -2.19. The molecule has 0 aromatic heterocycles. The minimum atomic E-state index is -3.83. The van der Waals surface area contributed by atoms with Crippen LogP contribution in [0.3, 0.4) is 0 Å². The average molecular weight is 345 g/mol. The molecule has 0 unspecified atom stereocenters. The van der Waals surface area contributed by atoms with Gasteiger partial charge in [0.25, 0.3) is 5.69 Å². The SMILES string of the molecule is CC(C)OC(=O)COC(=O)c1ccc(S(C)(=O)=O)c([N+](=O)[O-])c1. The molecule has 126 valence electrons. The number of nitrogens with zero attached hydrogens (tertiary/aromatic N) is 1. The molecule has 0 atom stereocenters. The van der Waals surface area contributed by atoms with Gasteiger partial charge < -0.3 is 9.47 Å². The summed E-state index contributed by atoms with van der Waals surface area (Å²) in [7, 11) is -3.83. The number of sulfone groups is 1. The van der Waals surface area contributed by atoms with E-state index in [9.17, 15) is 28.1 Å². The lowest BCUT2D eigenvalue weighted by molar-refractivity contribution is -0.387. The van der Waals surface area contributed by atoms with Gasteiger partial charge in [-0.25, -0.2) is 18.0 Å². The third-order valence-electron chi connectivity index (χ3n) is 2.48. The Kier molecular flexibility index (Phi) is 5.79. The molecule has 23 heavy (non-hydrogen) atoms. The van der Waals surface area contributed by atoms with Crippen LogP contribution in [0.25, 0.3) is 0 Å². The molecule has 0 aliphatic rings. The first kappa shape index (κ1) is 18.6. The number of rotatable bonds is 6. The van der Waals surface area contributed by atoms with E-state index in [1.54, 1.807) is 13.8 Å². The molecule has 1 rings (SSSR count). The summed E-state index contributed by atoms with van der Waals surface area (Å²) < 4.78 is 32.4. The normalized spacial score (nSPS) is 11.1. The van der Waals surface area contributed by atoms with E-state index in [2.05, 4.69) is 4.74 Å². The molecule has 0 bridgehead atoms. The highest BCUT2D eigenvalue weighted by molar-refractivity contribution is 7.90. The fourth-order valence-electron chi connectivity index (χ4n) is 1.61. The van der Waals surface area contributed by atoms with Crippen LogP contribution in [0, 0.1) is 10.1 Å². The fraction of sp³-hybridized carbons (Fsp3) is 0.385. The van der Waals surface area contributed by atoms with E-state index in [4.69, 9.17) is 4.74 Å². The maximum absolute atomic E-state index is 11.8. The predicted octanol–water partition coefficient (Wildman–Crippen LogP) is 1.11. The summed E-state index contributed by atoms with van der Waals surface area (Å²) in [5, 5.41) is 10.9. The molecule has 0 aliphatic heterocycles. The van der Waals surface area contributed by atoms with Crippen LogP contribution >= 0.6 is 0 Å². The fourth-order valence-corrected chi connectivity index (χ4v) is 2.43. The van der Waals surface area contributed by atoms with Gasteiger partial charge in [-0.1, -0.05) is 0 Å². The van der Waals surface area contributed by atoms with Gasteiger partial charge in [-0.3, -0.25) is 10.1 Å². The number of ether oxygens (including phenoxy) is 2. The minimum absolute atomic E-state index is 0.249. The Morgan fingerprint density at radius 3 is 2.39 bits per heavy atom. The quantitative estimate of drug-likeness (QED) is 0.426. The van der Waals surface area contributed by atoms with Crippen molar-refractivity contribution in [3.05, 3.63) is 33.9 Å². The molecular formula is C13H15NO8S. The molecule has 0 saturated carbocycles. The molecule has 0 heterocycles. The molecule has 0 radical (unpaired) electrons. The van der Waals surface area contributed by atoms with Gasteiger partial charge in [0, 0.05) is 12.3 Å². The first-order valence-electron chi connectivity index (χ1n) is 6.37. The maximum Gasteiger partial charge on any atom is 0.344 e. The Labute approximate surface area is 132 Å². The van der Waals surface area contributed by atoms with E-state index in [0.29, 0.717) is 0 Å². The molecule has 0 saturated heterocycles. The van der Waals surface area contributed by atoms with Crippen LogP contribution in [0.5, 0.6) is 0 Å². The van der Waals surface area contributed by atoms with E-state index in [-0.39, 0.29) is 11.7 Å². The molecule has 1 aromatic carbocycles. The number of esters is 2. The summed E-state index contributed by atoms with van der Waals surface area (Å²) in [5.41, 5.74) is -0.992. The predicted molar refractivity (Wildman–Crippen MR) is 77.7 cm³/mol. The van der Waals surface area contributed by atoms with Gasteiger partial charge in [-0.15, -0.1) is 0 Å². The first-order valence-corrected chi connectivity index (χ1v) is 8.26. The van der Waals surface area contributed by atoms with Gasteiger partial charge in [0.15, 0.2) is 16.4 Å². The Morgan fingerprint density at radius 1 is 1.30 bits per heavy atom. The number of benzene rings is 1. The van der Waals surface area contributed by atoms with Gasteiger partial charge in [0.05, 0.1) is 16.6 Å². The van der Waals surface area contributed by atoms with Gasteiger partial charge >= 0.3 is 11.9 Å². The lowest BCUT2D eigenvalue weighted by Gasteiger charge is -2.08. The smallest absolute Gasteiger partial charge is 0.344 e. The maximum atomic E-state index is 11.8. The molecule has 1 aromatic rings. The zero-order chi connectivity index (χ0) is 17.8. The number of carbonyl (C=O) groups excluding carboxylic acids is 2. The van der Waals surface area contributed by atoms with Crippen LogP contribution < -0.4 is 0 Å². The monoisotopic (exact) mass is 345 g/mol.